The highest BCUT2D eigenvalue weighted by atomic mass is 35.5. The number of aryl methyl sites for hydroxylation is 2. The van der Waals surface area contributed by atoms with Crippen LogP contribution in [0.3, 0.4) is 0 Å². The molecule has 2 heterocycles. The van der Waals surface area contributed by atoms with E-state index in [1.807, 2.05) is 32.2 Å². The van der Waals surface area contributed by atoms with E-state index in [9.17, 15) is 0 Å². The van der Waals surface area contributed by atoms with Gasteiger partial charge in [-0.05, 0) is 55.5 Å². The summed E-state index contributed by atoms with van der Waals surface area (Å²) >= 11 is 5.85. The first-order valence-corrected chi connectivity index (χ1v) is 6.80. The van der Waals surface area contributed by atoms with Gasteiger partial charge in [0.1, 0.15) is 5.15 Å². The normalized spacial score (nSPS) is 10.1. The van der Waals surface area contributed by atoms with Crippen molar-refractivity contribution in [3.05, 3.63) is 58.1 Å². The lowest BCUT2D eigenvalue weighted by Crippen LogP contribution is -1.93. The van der Waals surface area contributed by atoms with Crippen LogP contribution in [-0.4, -0.2) is 9.97 Å². The lowest BCUT2D eigenvalue weighted by Gasteiger charge is -2.08. The Morgan fingerprint density at radius 3 is 2.11 bits per heavy atom. The molecule has 2 nitrogen and oxygen atoms in total. The summed E-state index contributed by atoms with van der Waals surface area (Å²) in [5.41, 5.74) is 4.76. The van der Waals surface area contributed by atoms with E-state index in [4.69, 9.17) is 11.6 Å². The fourth-order valence-corrected chi connectivity index (χ4v) is 1.88. The van der Waals surface area contributed by atoms with Gasteiger partial charge in [-0.2, -0.15) is 0 Å². The highest BCUT2D eigenvalue weighted by Gasteiger charge is 2.05. The van der Waals surface area contributed by atoms with Crippen molar-refractivity contribution >= 4 is 11.6 Å². The van der Waals surface area contributed by atoms with Crippen molar-refractivity contribution in [2.24, 2.45) is 0 Å². The first-order valence-electron chi connectivity index (χ1n) is 6.42. The number of pyridine rings is 2. The zero-order chi connectivity index (χ0) is 14.4. The third kappa shape index (κ3) is 4.64. The van der Waals surface area contributed by atoms with Crippen molar-refractivity contribution < 1.29 is 0 Å². The molecule has 0 saturated carbocycles. The van der Waals surface area contributed by atoms with Gasteiger partial charge in [-0.15, -0.1) is 0 Å². The van der Waals surface area contributed by atoms with Gasteiger partial charge in [0.25, 0.3) is 0 Å². The van der Waals surface area contributed by atoms with E-state index >= 15 is 0 Å². The third-order valence-electron chi connectivity index (χ3n) is 3.08. The molecule has 0 N–H and O–H groups in total. The fourth-order valence-electron chi connectivity index (χ4n) is 1.71. The van der Waals surface area contributed by atoms with Crippen LogP contribution in [-0.2, 0) is 0 Å². The Morgan fingerprint density at radius 2 is 1.68 bits per heavy atom. The molecule has 0 aliphatic carbocycles. The largest absolute Gasteiger partial charge is 0.261 e. The van der Waals surface area contributed by atoms with Gasteiger partial charge < -0.3 is 0 Å². The van der Waals surface area contributed by atoms with E-state index in [1.165, 1.54) is 11.1 Å². The number of hydrogen-bond acceptors (Lipinski definition) is 2. The summed E-state index contributed by atoms with van der Waals surface area (Å²) in [5, 5.41) is 0.621. The van der Waals surface area contributed by atoms with Crippen LogP contribution in [0.5, 0.6) is 0 Å². The van der Waals surface area contributed by atoms with Gasteiger partial charge in [0, 0.05) is 18.1 Å². The van der Waals surface area contributed by atoms with Crippen LogP contribution < -0.4 is 0 Å². The monoisotopic (exact) mass is 276 g/mol. The highest BCUT2D eigenvalue weighted by Crippen LogP contribution is 2.22. The Kier molecular flexibility index (Phi) is 5.97. The fraction of sp³-hybridized carbons (Fsp3) is 0.375. The molecule has 0 aromatic carbocycles. The highest BCUT2D eigenvalue weighted by molar-refractivity contribution is 6.30. The summed E-state index contributed by atoms with van der Waals surface area (Å²) in [7, 11) is 0. The molecular weight excluding hydrogens is 256 g/mol. The second-order valence-corrected chi connectivity index (χ2v) is 5.23. The van der Waals surface area contributed by atoms with Crippen LogP contribution in [0.25, 0.3) is 0 Å². The van der Waals surface area contributed by atoms with Crippen molar-refractivity contribution in [2.75, 3.05) is 0 Å². The van der Waals surface area contributed by atoms with Crippen LogP contribution in [0.1, 0.15) is 42.1 Å². The number of hydrogen-bond donors (Lipinski definition) is 0. The molecule has 0 spiro atoms. The van der Waals surface area contributed by atoms with Crippen molar-refractivity contribution in [1.29, 1.82) is 0 Å². The molecule has 102 valence electrons. The van der Waals surface area contributed by atoms with Crippen molar-refractivity contribution in [1.82, 2.24) is 9.97 Å². The van der Waals surface area contributed by atoms with Crippen LogP contribution in [0.4, 0.5) is 0 Å². The second kappa shape index (κ2) is 7.25. The van der Waals surface area contributed by atoms with Crippen LogP contribution in [0.15, 0.2) is 30.6 Å². The maximum Gasteiger partial charge on any atom is 0.132 e. The van der Waals surface area contributed by atoms with Gasteiger partial charge in [0.05, 0.1) is 0 Å². The van der Waals surface area contributed by atoms with Gasteiger partial charge >= 0.3 is 0 Å². The molecular formula is C16H21ClN2. The predicted molar refractivity (Wildman–Crippen MR) is 81.8 cm³/mol. The standard InChI is InChI=1S/C9H12ClN.C7H9N/c1-6(2)8-4-5-11-9(10)7(8)3;1-6-4-3-5-8-7(6)2/h4-6H,1-3H3;3-5H,1-2H3. The van der Waals surface area contributed by atoms with Crippen LogP contribution >= 0.6 is 11.6 Å². The minimum absolute atomic E-state index is 0.524. The van der Waals surface area contributed by atoms with E-state index in [-0.39, 0.29) is 0 Å². The summed E-state index contributed by atoms with van der Waals surface area (Å²) in [6.07, 6.45) is 3.56. The lowest BCUT2D eigenvalue weighted by molar-refractivity contribution is 0.852. The summed E-state index contributed by atoms with van der Waals surface area (Å²) in [4.78, 5) is 8.07. The van der Waals surface area contributed by atoms with E-state index in [1.54, 1.807) is 6.20 Å². The second-order valence-electron chi connectivity index (χ2n) is 4.88. The topological polar surface area (TPSA) is 25.8 Å². The Labute approximate surface area is 120 Å². The van der Waals surface area contributed by atoms with Gasteiger partial charge in [-0.25, -0.2) is 4.98 Å². The molecule has 2 rings (SSSR count). The molecule has 0 atom stereocenters. The smallest absolute Gasteiger partial charge is 0.132 e. The Morgan fingerprint density at radius 1 is 1.00 bits per heavy atom. The summed E-state index contributed by atoms with van der Waals surface area (Å²) < 4.78 is 0. The van der Waals surface area contributed by atoms with E-state index in [0.717, 1.165) is 11.3 Å². The van der Waals surface area contributed by atoms with Gasteiger partial charge in [-0.3, -0.25) is 4.98 Å². The van der Waals surface area contributed by atoms with Crippen molar-refractivity contribution in [2.45, 2.75) is 40.5 Å². The number of halogens is 1. The molecule has 0 amide bonds. The molecule has 0 bridgehead atoms. The van der Waals surface area contributed by atoms with Gasteiger partial charge in [-0.1, -0.05) is 31.5 Å². The molecule has 0 aliphatic rings. The average Bonchev–Trinajstić information content (AvgIpc) is 2.37. The number of aromatic nitrogens is 2. The molecule has 0 aliphatic heterocycles. The summed E-state index contributed by atoms with van der Waals surface area (Å²) in [6, 6.07) is 6.02. The first kappa shape index (κ1) is 15.6. The maximum absolute atomic E-state index is 5.85. The quantitative estimate of drug-likeness (QED) is 0.695. The molecule has 19 heavy (non-hydrogen) atoms. The first-order chi connectivity index (χ1) is 8.93. The lowest BCUT2D eigenvalue weighted by atomic mass is 10.0. The van der Waals surface area contributed by atoms with Gasteiger partial charge in [0.2, 0.25) is 0 Å². The van der Waals surface area contributed by atoms with Crippen LogP contribution in [0, 0.1) is 20.8 Å². The van der Waals surface area contributed by atoms with Gasteiger partial charge in [0.15, 0.2) is 0 Å². The molecule has 2 aromatic rings. The Hall–Kier alpha value is -1.41. The Balaban J connectivity index is 0.000000200. The summed E-state index contributed by atoms with van der Waals surface area (Å²) in [5.74, 6) is 0.524. The minimum atomic E-state index is 0.524. The molecule has 3 heteroatoms. The average molecular weight is 277 g/mol. The van der Waals surface area contributed by atoms with Crippen molar-refractivity contribution in [3.63, 3.8) is 0 Å². The molecule has 0 fully saturated rings. The third-order valence-corrected chi connectivity index (χ3v) is 3.46. The van der Waals surface area contributed by atoms with E-state index < -0.39 is 0 Å². The predicted octanol–water partition coefficient (Wildman–Crippen LogP) is 4.87. The van der Waals surface area contributed by atoms with E-state index in [0.29, 0.717) is 11.1 Å². The molecule has 0 unspecified atom stereocenters. The zero-order valence-corrected chi connectivity index (χ0v) is 13.0. The molecule has 0 radical (unpaired) electrons. The summed E-state index contributed by atoms with van der Waals surface area (Å²) in [6.45, 7) is 10.4. The number of rotatable bonds is 1. The zero-order valence-electron chi connectivity index (χ0n) is 12.2. The number of nitrogens with zero attached hydrogens (tertiary/aromatic N) is 2. The SMILES string of the molecule is Cc1c(C(C)C)ccnc1Cl.Cc1cccnc1C. The molecule has 2 aromatic heterocycles. The Bertz CT molecular complexity index is 515. The van der Waals surface area contributed by atoms with E-state index in [2.05, 4.69) is 36.8 Å². The maximum atomic E-state index is 5.85. The van der Waals surface area contributed by atoms with Crippen LogP contribution in [0.2, 0.25) is 5.15 Å². The van der Waals surface area contributed by atoms with Crippen molar-refractivity contribution in [3.8, 4) is 0 Å². The minimum Gasteiger partial charge on any atom is -0.261 e. The molecule has 0 saturated heterocycles.